The minimum Gasteiger partial charge on any atom is -0.478 e. The van der Waals surface area contributed by atoms with Gasteiger partial charge in [-0.25, -0.2) is 9.78 Å². The highest BCUT2D eigenvalue weighted by molar-refractivity contribution is 6.17. The molecule has 0 amide bonds. The topological polar surface area (TPSA) is 78.9 Å². The predicted molar refractivity (Wildman–Crippen MR) is 90.3 cm³/mol. The van der Waals surface area contributed by atoms with Gasteiger partial charge in [0.05, 0.1) is 22.2 Å². The molecule has 0 bridgehead atoms. The summed E-state index contributed by atoms with van der Waals surface area (Å²) in [5.74, 6) is -0.320. The molecule has 0 atom stereocenters. The van der Waals surface area contributed by atoms with Gasteiger partial charge in [-0.05, 0) is 30.3 Å². The maximum absolute atomic E-state index is 11.6. The van der Waals surface area contributed by atoms with Gasteiger partial charge < -0.3 is 5.11 Å². The lowest BCUT2D eigenvalue weighted by Crippen LogP contribution is -1.99. The normalized spacial score (nSPS) is 10.8. The van der Waals surface area contributed by atoms with Gasteiger partial charge in [0.15, 0.2) is 0 Å². The van der Waals surface area contributed by atoms with E-state index in [-0.39, 0.29) is 5.56 Å². The van der Waals surface area contributed by atoms with Gasteiger partial charge in [0.1, 0.15) is 11.9 Å². The SMILES string of the molecule is N#Cc1ccc(-n2c3ccccc3c3c(C(=O)O)cccc32)nc1. The lowest BCUT2D eigenvalue weighted by Gasteiger charge is -2.06. The number of pyridine rings is 1. The largest absolute Gasteiger partial charge is 0.478 e. The molecule has 4 rings (SSSR count). The molecular weight excluding hydrogens is 302 g/mol. The van der Waals surface area contributed by atoms with Crippen molar-refractivity contribution in [3.8, 4) is 11.9 Å². The molecule has 0 radical (unpaired) electrons. The molecular formula is C19H11N3O2. The van der Waals surface area contributed by atoms with Crippen LogP contribution in [0.4, 0.5) is 0 Å². The maximum Gasteiger partial charge on any atom is 0.336 e. The van der Waals surface area contributed by atoms with Gasteiger partial charge in [-0.3, -0.25) is 4.57 Å². The molecule has 1 N–H and O–H groups in total. The molecule has 24 heavy (non-hydrogen) atoms. The summed E-state index contributed by atoms with van der Waals surface area (Å²) in [4.78, 5) is 16.0. The molecule has 2 heterocycles. The number of fused-ring (bicyclic) bond motifs is 3. The fraction of sp³-hybridized carbons (Fsp3) is 0. The molecule has 0 saturated heterocycles. The van der Waals surface area contributed by atoms with E-state index in [4.69, 9.17) is 5.26 Å². The second-order valence-electron chi connectivity index (χ2n) is 5.37. The van der Waals surface area contributed by atoms with E-state index in [1.54, 1.807) is 24.3 Å². The number of rotatable bonds is 2. The van der Waals surface area contributed by atoms with Crippen LogP contribution in [0.3, 0.4) is 0 Å². The van der Waals surface area contributed by atoms with E-state index in [0.717, 1.165) is 16.4 Å². The Morgan fingerprint density at radius 2 is 1.83 bits per heavy atom. The van der Waals surface area contributed by atoms with Gasteiger partial charge in [0.25, 0.3) is 0 Å². The molecule has 0 aliphatic carbocycles. The first-order valence-electron chi connectivity index (χ1n) is 7.32. The minimum atomic E-state index is -0.962. The van der Waals surface area contributed by atoms with E-state index in [0.29, 0.717) is 16.8 Å². The van der Waals surface area contributed by atoms with Gasteiger partial charge in [0, 0.05) is 17.0 Å². The standard InChI is InChI=1S/C19H11N3O2/c20-10-12-8-9-17(21-11-12)22-15-6-2-1-4-13(15)18-14(19(23)24)5-3-7-16(18)22/h1-9,11H,(H,23,24). The third-order valence-electron chi connectivity index (χ3n) is 4.03. The number of nitriles is 1. The highest BCUT2D eigenvalue weighted by atomic mass is 16.4. The summed E-state index contributed by atoms with van der Waals surface area (Å²) in [6.07, 6.45) is 1.51. The van der Waals surface area contributed by atoms with Crippen LogP contribution in [-0.2, 0) is 0 Å². The van der Waals surface area contributed by atoms with Crippen LogP contribution in [0.1, 0.15) is 15.9 Å². The van der Waals surface area contributed by atoms with Crippen molar-refractivity contribution in [1.82, 2.24) is 9.55 Å². The smallest absolute Gasteiger partial charge is 0.336 e. The molecule has 0 saturated carbocycles. The Hall–Kier alpha value is -3.65. The van der Waals surface area contributed by atoms with E-state index in [9.17, 15) is 9.90 Å². The number of para-hydroxylation sites is 1. The third-order valence-corrected chi connectivity index (χ3v) is 4.03. The van der Waals surface area contributed by atoms with Crippen molar-refractivity contribution in [2.75, 3.05) is 0 Å². The number of hydrogen-bond donors (Lipinski definition) is 1. The van der Waals surface area contributed by atoms with Crippen molar-refractivity contribution < 1.29 is 9.90 Å². The Bertz CT molecular complexity index is 1140. The predicted octanol–water partition coefficient (Wildman–Crippen LogP) is 3.75. The highest BCUT2D eigenvalue weighted by Crippen LogP contribution is 2.33. The maximum atomic E-state index is 11.6. The molecule has 5 nitrogen and oxygen atoms in total. The summed E-state index contributed by atoms with van der Waals surface area (Å²) >= 11 is 0. The van der Waals surface area contributed by atoms with Crippen molar-refractivity contribution in [3.05, 3.63) is 71.9 Å². The van der Waals surface area contributed by atoms with Crippen LogP contribution < -0.4 is 0 Å². The fourth-order valence-corrected chi connectivity index (χ4v) is 3.03. The van der Waals surface area contributed by atoms with E-state index in [1.807, 2.05) is 41.0 Å². The fourth-order valence-electron chi connectivity index (χ4n) is 3.03. The van der Waals surface area contributed by atoms with Crippen LogP contribution in [0.15, 0.2) is 60.8 Å². The van der Waals surface area contributed by atoms with Crippen LogP contribution >= 0.6 is 0 Å². The molecule has 0 spiro atoms. The number of carboxylic acids is 1. The van der Waals surface area contributed by atoms with Crippen molar-refractivity contribution >= 4 is 27.8 Å². The summed E-state index contributed by atoms with van der Waals surface area (Å²) in [5.41, 5.74) is 2.38. The molecule has 114 valence electrons. The van der Waals surface area contributed by atoms with E-state index < -0.39 is 5.97 Å². The minimum absolute atomic E-state index is 0.260. The molecule has 0 aliphatic heterocycles. The van der Waals surface area contributed by atoms with Crippen molar-refractivity contribution in [2.45, 2.75) is 0 Å². The molecule has 2 aromatic heterocycles. The molecule has 0 unspecified atom stereocenters. The first kappa shape index (κ1) is 14.0. The zero-order chi connectivity index (χ0) is 16.7. The Labute approximate surface area is 137 Å². The average molecular weight is 313 g/mol. The Morgan fingerprint density at radius 3 is 2.54 bits per heavy atom. The number of benzene rings is 2. The summed E-state index contributed by atoms with van der Waals surface area (Å²) in [5, 5.41) is 20.0. The van der Waals surface area contributed by atoms with Crippen LogP contribution in [0, 0.1) is 11.3 Å². The van der Waals surface area contributed by atoms with Gasteiger partial charge in [-0.2, -0.15) is 5.26 Å². The van der Waals surface area contributed by atoms with Gasteiger partial charge in [0.2, 0.25) is 0 Å². The number of carboxylic acid groups (broad SMARTS) is 1. The summed E-state index contributed by atoms with van der Waals surface area (Å²) < 4.78 is 1.91. The molecule has 5 heteroatoms. The van der Waals surface area contributed by atoms with Crippen molar-refractivity contribution in [1.29, 1.82) is 5.26 Å². The van der Waals surface area contributed by atoms with Crippen LogP contribution in [0.2, 0.25) is 0 Å². The highest BCUT2D eigenvalue weighted by Gasteiger charge is 2.18. The lowest BCUT2D eigenvalue weighted by atomic mass is 10.1. The summed E-state index contributed by atoms with van der Waals surface area (Å²) in [6, 6.07) is 18.3. The molecule has 0 aliphatic rings. The number of aromatic nitrogens is 2. The van der Waals surface area contributed by atoms with Crippen molar-refractivity contribution in [3.63, 3.8) is 0 Å². The van der Waals surface area contributed by atoms with E-state index in [2.05, 4.69) is 4.98 Å². The van der Waals surface area contributed by atoms with Gasteiger partial charge in [-0.15, -0.1) is 0 Å². The number of aromatic carboxylic acids is 1. The molecule has 4 aromatic rings. The summed E-state index contributed by atoms with van der Waals surface area (Å²) in [6.45, 7) is 0. The monoisotopic (exact) mass is 313 g/mol. The number of nitrogens with zero attached hydrogens (tertiary/aromatic N) is 3. The average Bonchev–Trinajstić information content (AvgIpc) is 2.96. The zero-order valence-electron chi connectivity index (χ0n) is 12.5. The van der Waals surface area contributed by atoms with Gasteiger partial charge in [-0.1, -0.05) is 24.3 Å². The second-order valence-corrected chi connectivity index (χ2v) is 5.37. The second kappa shape index (κ2) is 5.21. The van der Waals surface area contributed by atoms with E-state index >= 15 is 0 Å². The number of hydrogen-bond acceptors (Lipinski definition) is 3. The van der Waals surface area contributed by atoms with Crippen LogP contribution in [0.5, 0.6) is 0 Å². The Balaban J connectivity index is 2.16. The number of carbonyl (C=O) groups is 1. The van der Waals surface area contributed by atoms with Gasteiger partial charge >= 0.3 is 5.97 Å². The van der Waals surface area contributed by atoms with Crippen molar-refractivity contribution in [2.24, 2.45) is 0 Å². The lowest BCUT2D eigenvalue weighted by molar-refractivity contribution is 0.0699. The first-order valence-corrected chi connectivity index (χ1v) is 7.32. The Morgan fingerprint density at radius 1 is 1.04 bits per heavy atom. The quantitative estimate of drug-likeness (QED) is 0.611. The third kappa shape index (κ3) is 1.94. The first-order chi connectivity index (χ1) is 11.7. The molecule has 2 aromatic carbocycles. The summed E-state index contributed by atoms with van der Waals surface area (Å²) in [7, 11) is 0. The van der Waals surface area contributed by atoms with Crippen LogP contribution in [-0.4, -0.2) is 20.6 Å². The zero-order valence-corrected chi connectivity index (χ0v) is 12.5. The Kier molecular flexibility index (Phi) is 3.04. The van der Waals surface area contributed by atoms with E-state index in [1.165, 1.54) is 6.20 Å². The molecule has 0 fully saturated rings. The van der Waals surface area contributed by atoms with Crippen LogP contribution in [0.25, 0.3) is 27.6 Å².